The molecule has 1 saturated heterocycles. The summed E-state index contributed by atoms with van der Waals surface area (Å²) in [5, 5.41) is 11.4. The second-order valence-corrected chi connectivity index (χ2v) is 5.17. The Morgan fingerprint density at radius 1 is 1.30 bits per heavy atom. The van der Waals surface area contributed by atoms with E-state index >= 15 is 0 Å². The number of nitrogens with zero attached hydrogens (tertiary/aromatic N) is 1. The van der Waals surface area contributed by atoms with E-state index in [1.165, 1.54) is 19.8 Å². The Bertz CT molecular complexity index is 496. The maximum absolute atomic E-state index is 12.2. The van der Waals surface area contributed by atoms with E-state index in [4.69, 9.17) is 5.11 Å². The molecule has 1 aromatic rings. The number of aliphatic carboxylic acids is 1. The fourth-order valence-electron chi connectivity index (χ4n) is 2.40. The Kier molecular flexibility index (Phi) is 4.74. The average molecular weight is 276 g/mol. The van der Waals surface area contributed by atoms with E-state index < -0.39 is 12.0 Å². The van der Waals surface area contributed by atoms with Crippen LogP contribution in [0.4, 0.5) is 0 Å². The molecule has 0 radical (unpaired) electrons. The van der Waals surface area contributed by atoms with Gasteiger partial charge in [-0.15, -0.1) is 0 Å². The van der Waals surface area contributed by atoms with Crippen molar-refractivity contribution < 1.29 is 14.7 Å². The lowest BCUT2D eigenvalue weighted by molar-refractivity contribution is -0.138. The Labute approximate surface area is 118 Å². The summed E-state index contributed by atoms with van der Waals surface area (Å²) in [6, 6.07) is 6.49. The summed E-state index contributed by atoms with van der Waals surface area (Å²) in [6.45, 7) is 4.32. The Hall–Kier alpha value is -1.88. The van der Waals surface area contributed by atoms with Gasteiger partial charge in [0, 0.05) is 12.1 Å². The van der Waals surface area contributed by atoms with Gasteiger partial charge in [-0.3, -0.25) is 14.5 Å². The normalized spacial score (nSPS) is 16.9. The number of carbonyl (C=O) groups is 2. The van der Waals surface area contributed by atoms with Gasteiger partial charge in [-0.2, -0.15) is 0 Å². The van der Waals surface area contributed by atoms with Crippen molar-refractivity contribution in [3.63, 3.8) is 0 Å². The molecule has 1 fully saturated rings. The predicted molar refractivity (Wildman–Crippen MR) is 75.5 cm³/mol. The summed E-state index contributed by atoms with van der Waals surface area (Å²) in [7, 11) is 0. The highest BCUT2D eigenvalue weighted by Crippen LogP contribution is 2.16. The minimum absolute atomic E-state index is 0.324. The SMILES string of the molecule is CC(NC(=O)c1ccccc1CN1CCCC1)C(=O)O. The number of nitrogens with one attached hydrogen (secondary N) is 1. The molecule has 1 aromatic carbocycles. The smallest absolute Gasteiger partial charge is 0.325 e. The van der Waals surface area contributed by atoms with E-state index in [9.17, 15) is 9.59 Å². The number of carboxylic acids is 1. The molecule has 5 nitrogen and oxygen atoms in total. The molecule has 2 rings (SSSR count). The van der Waals surface area contributed by atoms with Crippen molar-refractivity contribution >= 4 is 11.9 Å². The van der Waals surface area contributed by atoms with Crippen molar-refractivity contribution in [1.29, 1.82) is 0 Å². The van der Waals surface area contributed by atoms with Gasteiger partial charge in [0.2, 0.25) is 0 Å². The van der Waals surface area contributed by atoms with Crippen molar-refractivity contribution in [2.75, 3.05) is 13.1 Å². The maximum atomic E-state index is 12.2. The van der Waals surface area contributed by atoms with Gasteiger partial charge in [0.1, 0.15) is 6.04 Å². The molecule has 1 aliphatic rings. The lowest BCUT2D eigenvalue weighted by Crippen LogP contribution is -2.38. The highest BCUT2D eigenvalue weighted by atomic mass is 16.4. The number of amides is 1. The van der Waals surface area contributed by atoms with Crippen LogP contribution in [0, 0.1) is 0 Å². The van der Waals surface area contributed by atoms with E-state index in [0.29, 0.717) is 5.56 Å². The fraction of sp³-hybridized carbons (Fsp3) is 0.467. The van der Waals surface area contributed by atoms with Crippen molar-refractivity contribution in [3.8, 4) is 0 Å². The molecular weight excluding hydrogens is 256 g/mol. The van der Waals surface area contributed by atoms with E-state index in [1.54, 1.807) is 12.1 Å². The van der Waals surface area contributed by atoms with Crippen molar-refractivity contribution in [2.45, 2.75) is 32.4 Å². The molecule has 5 heteroatoms. The number of likely N-dealkylation sites (tertiary alicyclic amines) is 1. The zero-order valence-corrected chi connectivity index (χ0v) is 11.6. The summed E-state index contributed by atoms with van der Waals surface area (Å²) in [4.78, 5) is 25.3. The summed E-state index contributed by atoms with van der Waals surface area (Å²) in [5.74, 6) is -1.36. The molecule has 0 spiro atoms. The second-order valence-electron chi connectivity index (χ2n) is 5.17. The summed E-state index contributed by atoms with van der Waals surface area (Å²) in [5.41, 5.74) is 1.51. The first-order valence-corrected chi connectivity index (χ1v) is 6.92. The molecule has 1 amide bonds. The summed E-state index contributed by atoms with van der Waals surface area (Å²) >= 11 is 0. The molecule has 0 bridgehead atoms. The Morgan fingerprint density at radius 3 is 2.60 bits per heavy atom. The van der Waals surface area contributed by atoms with Gasteiger partial charge in [-0.05, 0) is 44.5 Å². The van der Waals surface area contributed by atoms with Crippen LogP contribution in [0.25, 0.3) is 0 Å². The van der Waals surface area contributed by atoms with Crippen molar-refractivity contribution in [3.05, 3.63) is 35.4 Å². The minimum atomic E-state index is -1.03. The van der Waals surface area contributed by atoms with Gasteiger partial charge in [-0.1, -0.05) is 18.2 Å². The number of benzene rings is 1. The molecule has 20 heavy (non-hydrogen) atoms. The molecule has 1 unspecified atom stereocenters. The Morgan fingerprint density at radius 2 is 1.95 bits per heavy atom. The maximum Gasteiger partial charge on any atom is 0.325 e. The molecule has 0 saturated carbocycles. The molecule has 2 N–H and O–H groups in total. The van der Waals surface area contributed by atoms with Gasteiger partial charge in [0.25, 0.3) is 5.91 Å². The van der Waals surface area contributed by atoms with E-state index in [1.807, 2.05) is 12.1 Å². The standard InChI is InChI=1S/C15H20N2O3/c1-11(15(19)20)16-14(18)13-7-3-2-6-12(13)10-17-8-4-5-9-17/h2-3,6-7,11H,4-5,8-10H2,1H3,(H,16,18)(H,19,20). The van der Waals surface area contributed by atoms with Crippen LogP contribution in [0.1, 0.15) is 35.7 Å². The monoisotopic (exact) mass is 276 g/mol. The van der Waals surface area contributed by atoms with Crippen LogP contribution in [0.2, 0.25) is 0 Å². The molecule has 1 aliphatic heterocycles. The number of carbonyl (C=O) groups excluding carboxylic acids is 1. The zero-order chi connectivity index (χ0) is 14.5. The lowest BCUT2D eigenvalue weighted by atomic mass is 10.1. The average Bonchev–Trinajstić information content (AvgIpc) is 2.92. The summed E-state index contributed by atoms with van der Waals surface area (Å²) < 4.78 is 0. The van der Waals surface area contributed by atoms with Crippen molar-refractivity contribution in [1.82, 2.24) is 10.2 Å². The van der Waals surface area contributed by atoms with Crippen LogP contribution in [0.5, 0.6) is 0 Å². The van der Waals surface area contributed by atoms with Crippen LogP contribution in [-0.4, -0.2) is 41.0 Å². The third-order valence-corrected chi connectivity index (χ3v) is 3.57. The van der Waals surface area contributed by atoms with Crippen molar-refractivity contribution in [2.24, 2.45) is 0 Å². The highest BCUT2D eigenvalue weighted by Gasteiger charge is 2.19. The van der Waals surface area contributed by atoms with Crippen LogP contribution < -0.4 is 5.32 Å². The second kappa shape index (κ2) is 6.52. The van der Waals surface area contributed by atoms with Gasteiger partial charge in [0.05, 0.1) is 0 Å². The van der Waals surface area contributed by atoms with Gasteiger partial charge in [0.15, 0.2) is 0 Å². The minimum Gasteiger partial charge on any atom is -0.480 e. The van der Waals surface area contributed by atoms with Gasteiger partial charge < -0.3 is 10.4 Å². The molecule has 0 aromatic heterocycles. The number of carboxylic acid groups (broad SMARTS) is 1. The lowest BCUT2D eigenvalue weighted by Gasteiger charge is -2.18. The van der Waals surface area contributed by atoms with Crippen LogP contribution in [0.3, 0.4) is 0 Å². The van der Waals surface area contributed by atoms with Crippen LogP contribution in [-0.2, 0) is 11.3 Å². The number of rotatable bonds is 5. The zero-order valence-electron chi connectivity index (χ0n) is 11.6. The quantitative estimate of drug-likeness (QED) is 0.854. The van der Waals surface area contributed by atoms with Gasteiger partial charge in [-0.25, -0.2) is 0 Å². The third-order valence-electron chi connectivity index (χ3n) is 3.57. The van der Waals surface area contributed by atoms with E-state index in [0.717, 1.165) is 25.2 Å². The molecule has 108 valence electrons. The number of hydrogen-bond acceptors (Lipinski definition) is 3. The van der Waals surface area contributed by atoms with Gasteiger partial charge >= 0.3 is 5.97 Å². The Balaban J connectivity index is 2.10. The van der Waals surface area contributed by atoms with Crippen LogP contribution in [0.15, 0.2) is 24.3 Å². The first kappa shape index (κ1) is 14.5. The highest BCUT2D eigenvalue weighted by molar-refractivity contribution is 5.97. The molecule has 1 heterocycles. The fourth-order valence-corrected chi connectivity index (χ4v) is 2.40. The van der Waals surface area contributed by atoms with E-state index in [-0.39, 0.29) is 5.91 Å². The molecular formula is C15H20N2O3. The summed E-state index contributed by atoms with van der Waals surface area (Å²) in [6.07, 6.45) is 2.40. The first-order chi connectivity index (χ1) is 9.58. The molecule has 1 atom stereocenters. The number of hydrogen-bond donors (Lipinski definition) is 2. The topological polar surface area (TPSA) is 69.6 Å². The predicted octanol–water partition coefficient (Wildman–Crippen LogP) is 1.49. The van der Waals surface area contributed by atoms with Crippen LogP contribution >= 0.6 is 0 Å². The van der Waals surface area contributed by atoms with E-state index in [2.05, 4.69) is 10.2 Å². The third kappa shape index (κ3) is 3.57. The largest absolute Gasteiger partial charge is 0.480 e. The molecule has 0 aliphatic carbocycles. The first-order valence-electron chi connectivity index (χ1n) is 6.92.